The van der Waals surface area contributed by atoms with Gasteiger partial charge in [0.05, 0.1) is 6.61 Å². The van der Waals surface area contributed by atoms with Gasteiger partial charge >= 0.3 is 5.97 Å². The number of phenolic OH excluding ortho intramolecular Hbond substituents is 2. The van der Waals surface area contributed by atoms with Gasteiger partial charge in [0.25, 0.3) is 5.91 Å². The van der Waals surface area contributed by atoms with Crippen LogP contribution in [0.3, 0.4) is 0 Å². The second kappa shape index (κ2) is 7.34. The zero-order valence-electron chi connectivity index (χ0n) is 11.3. The molecule has 0 bridgehead atoms. The lowest BCUT2D eigenvalue weighted by atomic mass is 10.2. The fourth-order valence-electron chi connectivity index (χ4n) is 1.51. The zero-order chi connectivity index (χ0) is 15.1. The van der Waals surface area contributed by atoms with Crippen molar-refractivity contribution in [2.45, 2.75) is 13.0 Å². The highest BCUT2D eigenvalue weighted by molar-refractivity contribution is 5.94. The highest BCUT2D eigenvalue weighted by Crippen LogP contribution is 2.22. The van der Waals surface area contributed by atoms with Crippen molar-refractivity contribution < 1.29 is 29.3 Å². The van der Waals surface area contributed by atoms with E-state index in [0.29, 0.717) is 6.61 Å². The molecule has 1 aromatic rings. The van der Waals surface area contributed by atoms with Gasteiger partial charge in [0.1, 0.15) is 17.1 Å². The van der Waals surface area contributed by atoms with Crippen molar-refractivity contribution in [2.24, 2.45) is 0 Å². The van der Waals surface area contributed by atoms with Crippen LogP contribution >= 0.6 is 0 Å². The number of carbonyl (C=O) groups is 2. The van der Waals surface area contributed by atoms with Crippen molar-refractivity contribution in [3.05, 3.63) is 23.8 Å². The van der Waals surface area contributed by atoms with E-state index in [1.165, 1.54) is 19.2 Å². The van der Waals surface area contributed by atoms with Gasteiger partial charge in [-0.15, -0.1) is 0 Å². The van der Waals surface area contributed by atoms with Crippen LogP contribution < -0.4 is 5.32 Å². The van der Waals surface area contributed by atoms with Crippen LogP contribution in [0.15, 0.2) is 18.2 Å². The average Bonchev–Trinajstić information content (AvgIpc) is 2.36. The predicted octanol–water partition coefficient (Wildman–Crippen LogP) is 0.406. The first-order valence-corrected chi connectivity index (χ1v) is 5.91. The van der Waals surface area contributed by atoms with Gasteiger partial charge in [-0.25, -0.2) is 4.79 Å². The number of nitrogens with one attached hydrogen (secondary N) is 1. The summed E-state index contributed by atoms with van der Waals surface area (Å²) in [6.07, 6.45) is 0. The highest BCUT2D eigenvalue weighted by Gasteiger charge is 2.15. The first-order chi connectivity index (χ1) is 9.43. The number of esters is 1. The summed E-state index contributed by atoms with van der Waals surface area (Å²) in [4.78, 5) is 23.1. The average molecular weight is 283 g/mol. The number of methoxy groups -OCH3 is 1. The number of aromatic hydroxyl groups is 2. The SMILES string of the molecule is COCC(C)NC(=O)COC(=O)c1ccc(O)cc1O. The molecule has 0 aromatic heterocycles. The molecule has 0 fully saturated rings. The highest BCUT2D eigenvalue weighted by atomic mass is 16.5. The molecule has 110 valence electrons. The third kappa shape index (κ3) is 4.77. The summed E-state index contributed by atoms with van der Waals surface area (Å²) in [5.74, 6) is -1.91. The maximum absolute atomic E-state index is 11.6. The molecule has 0 saturated heterocycles. The Morgan fingerprint density at radius 3 is 2.65 bits per heavy atom. The van der Waals surface area contributed by atoms with E-state index in [1.807, 2.05) is 0 Å². The third-order valence-electron chi connectivity index (χ3n) is 2.36. The normalized spacial score (nSPS) is 11.7. The first kappa shape index (κ1) is 15.8. The molecule has 7 nitrogen and oxygen atoms in total. The lowest BCUT2D eigenvalue weighted by molar-refractivity contribution is -0.125. The van der Waals surface area contributed by atoms with E-state index in [1.54, 1.807) is 6.92 Å². The molecule has 0 aliphatic heterocycles. The van der Waals surface area contributed by atoms with E-state index >= 15 is 0 Å². The van der Waals surface area contributed by atoms with E-state index in [2.05, 4.69) is 5.32 Å². The predicted molar refractivity (Wildman–Crippen MR) is 69.5 cm³/mol. The molecule has 3 N–H and O–H groups in total. The summed E-state index contributed by atoms with van der Waals surface area (Å²) in [6.45, 7) is 1.63. The van der Waals surface area contributed by atoms with Gasteiger partial charge in [-0.1, -0.05) is 0 Å². The summed E-state index contributed by atoms with van der Waals surface area (Å²) >= 11 is 0. The number of phenols is 2. The van der Waals surface area contributed by atoms with E-state index in [0.717, 1.165) is 6.07 Å². The molecule has 1 amide bonds. The molecule has 0 radical (unpaired) electrons. The van der Waals surface area contributed by atoms with E-state index in [9.17, 15) is 14.7 Å². The molecule has 7 heteroatoms. The molecule has 0 aliphatic carbocycles. The second-order valence-corrected chi connectivity index (χ2v) is 4.20. The van der Waals surface area contributed by atoms with Gasteiger partial charge < -0.3 is 25.0 Å². The van der Waals surface area contributed by atoms with Gasteiger partial charge in [-0.2, -0.15) is 0 Å². The lowest BCUT2D eigenvalue weighted by Gasteiger charge is -2.12. The Hall–Kier alpha value is -2.28. The fraction of sp³-hybridized carbons (Fsp3) is 0.385. The maximum Gasteiger partial charge on any atom is 0.342 e. The molecule has 1 rings (SSSR count). The van der Waals surface area contributed by atoms with Crippen LogP contribution in [0.2, 0.25) is 0 Å². The monoisotopic (exact) mass is 283 g/mol. The summed E-state index contributed by atoms with van der Waals surface area (Å²) in [6, 6.07) is 3.25. The summed E-state index contributed by atoms with van der Waals surface area (Å²) in [5, 5.41) is 21.1. The Balaban J connectivity index is 2.49. The number of amides is 1. The van der Waals surface area contributed by atoms with E-state index in [-0.39, 0.29) is 17.4 Å². The van der Waals surface area contributed by atoms with Gasteiger partial charge in [0.15, 0.2) is 6.61 Å². The number of ether oxygens (including phenoxy) is 2. The van der Waals surface area contributed by atoms with Crippen molar-refractivity contribution >= 4 is 11.9 Å². The molecule has 0 heterocycles. The Morgan fingerprint density at radius 2 is 2.05 bits per heavy atom. The van der Waals surface area contributed by atoms with E-state index in [4.69, 9.17) is 14.6 Å². The molecule has 0 spiro atoms. The van der Waals surface area contributed by atoms with Crippen LogP contribution in [0, 0.1) is 0 Å². The lowest BCUT2D eigenvalue weighted by Crippen LogP contribution is -2.38. The third-order valence-corrected chi connectivity index (χ3v) is 2.36. The van der Waals surface area contributed by atoms with Crippen molar-refractivity contribution in [3.63, 3.8) is 0 Å². The molecule has 0 aliphatic rings. The van der Waals surface area contributed by atoms with Crippen LogP contribution in [0.4, 0.5) is 0 Å². The van der Waals surface area contributed by atoms with Crippen molar-refractivity contribution in [3.8, 4) is 11.5 Å². The smallest absolute Gasteiger partial charge is 0.342 e. The van der Waals surface area contributed by atoms with Gasteiger partial charge in [-0.05, 0) is 19.1 Å². The molecule has 1 unspecified atom stereocenters. The van der Waals surface area contributed by atoms with Crippen LogP contribution in [-0.4, -0.2) is 48.5 Å². The van der Waals surface area contributed by atoms with Crippen LogP contribution in [0.1, 0.15) is 17.3 Å². The second-order valence-electron chi connectivity index (χ2n) is 4.20. The van der Waals surface area contributed by atoms with Gasteiger partial charge in [0, 0.05) is 19.2 Å². The van der Waals surface area contributed by atoms with Crippen LogP contribution in [-0.2, 0) is 14.3 Å². The minimum atomic E-state index is -0.850. The van der Waals surface area contributed by atoms with Crippen molar-refractivity contribution in [1.82, 2.24) is 5.32 Å². The zero-order valence-corrected chi connectivity index (χ0v) is 11.3. The van der Waals surface area contributed by atoms with Gasteiger partial charge in [0.2, 0.25) is 0 Å². The Labute approximate surface area is 116 Å². The summed E-state index contributed by atoms with van der Waals surface area (Å²) in [5.41, 5.74) is -0.125. The Bertz CT molecular complexity index is 488. The Kier molecular flexibility index (Phi) is 5.79. The van der Waals surface area contributed by atoms with Crippen LogP contribution in [0.5, 0.6) is 11.5 Å². The molecule has 20 heavy (non-hydrogen) atoms. The number of hydrogen-bond acceptors (Lipinski definition) is 6. The minimum absolute atomic E-state index is 0.125. The van der Waals surface area contributed by atoms with Crippen molar-refractivity contribution in [2.75, 3.05) is 20.3 Å². The standard InChI is InChI=1S/C13H17NO6/c1-8(6-19-2)14-12(17)7-20-13(18)10-4-3-9(15)5-11(10)16/h3-5,8,15-16H,6-7H2,1-2H3,(H,14,17). The maximum atomic E-state index is 11.6. The molecule has 1 atom stereocenters. The minimum Gasteiger partial charge on any atom is -0.508 e. The summed E-state index contributed by atoms with van der Waals surface area (Å²) in [7, 11) is 1.51. The van der Waals surface area contributed by atoms with Gasteiger partial charge in [-0.3, -0.25) is 4.79 Å². The van der Waals surface area contributed by atoms with E-state index < -0.39 is 24.2 Å². The number of hydrogen-bond donors (Lipinski definition) is 3. The Morgan fingerprint density at radius 1 is 1.35 bits per heavy atom. The first-order valence-electron chi connectivity index (χ1n) is 5.91. The number of rotatable bonds is 6. The van der Waals surface area contributed by atoms with Crippen LogP contribution in [0.25, 0.3) is 0 Å². The molecular weight excluding hydrogens is 266 g/mol. The summed E-state index contributed by atoms with van der Waals surface area (Å²) < 4.78 is 9.60. The largest absolute Gasteiger partial charge is 0.508 e. The number of carbonyl (C=O) groups excluding carboxylic acids is 2. The van der Waals surface area contributed by atoms with Crippen molar-refractivity contribution in [1.29, 1.82) is 0 Å². The molecule has 0 saturated carbocycles. The molecular formula is C13H17NO6. The molecule has 1 aromatic carbocycles. The fourth-order valence-corrected chi connectivity index (χ4v) is 1.51. The quantitative estimate of drug-likeness (QED) is 0.653. The topological polar surface area (TPSA) is 105 Å². The number of benzene rings is 1.